The predicted octanol–water partition coefficient (Wildman–Crippen LogP) is 2.01. The number of hydrogen-bond donors (Lipinski definition) is 4. The minimum atomic E-state index is -1.08. The van der Waals surface area contributed by atoms with Gasteiger partial charge in [0.25, 0.3) is 0 Å². The molecular formula is C10H23N3O2. The Kier molecular flexibility index (Phi) is 10.7. The summed E-state index contributed by atoms with van der Waals surface area (Å²) >= 11 is 0. The fraction of sp³-hybridized carbons (Fsp3) is 0.900. The molecule has 0 aromatic heterocycles. The Hall–Kier alpha value is -0.810. The van der Waals surface area contributed by atoms with E-state index in [1.165, 1.54) is 38.5 Å². The molecule has 15 heavy (non-hydrogen) atoms. The molecule has 0 aromatic carbocycles. The molecule has 1 amide bonds. The van der Waals surface area contributed by atoms with E-state index >= 15 is 0 Å². The first kappa shape index (κ1) is 14.2. The van der Waals surface area contributed by atoms with Gasteiger partial charge in [-0.15, -0.1) is 0 Å². The van der Waals surface area contributed by atoms with Gasteiger partial charge in [-0.2, -0.15) is 5.53 Å². The number of nitrogens with one attached hydrogen (secondary N) is 3. The maximum Gasteiger partial charge on any atom is 0.420 e. The number of carboxylic acid groups (broad SMARTS) is 1. The third kappa shape index (κ3) is 13.2. The lowest BCUT2D eigenvalue weighted by Crippen LogP contribution is -2.46. The molecule has 0 aliphatic carbocycles. The van der Waals surface area contributed by atoms with Gasteiger partial charge in [-0.05, 0) is 6.42 Å². The molecule has 0 heterocycles. The quantitative estimate of drug-likeness (QED) is 0.333. The molecule has 4 N–H and O–H groups in total. The first-order chi connectivity index (χ1) is 7.27. The third-order valence-electron chi connectivity index (χ3n) is 2.16. The Morgan fingerprint density at radius 2 is 1.67 bits per heavy atom. The largest absolute Gasteiger partial charge is 0.464 e. The number of unbranched alkanes of at least 4 members (excludes halogenated alkanes) is 6. The van der Waals surface area contributed by atoms with E-state index in [2.05, 4.69) is 17.9 Å². The van der Waals surface area contributed by atoms with Crippen LogP contribution < -0.4 is 16.4 Å². The number of hydrogen-bond acceptors (Lipinski definition) is 3. The van der Waals surface area contributed by atoms with Crippen molar-refractivity contribution in [1.29, 1.82) is 0 Å². The zero-order valence-corrected chi connectivity index (χ0v) is 9.51. The minimum absolute atomic E-state index is 0.786. The molecule has 0 saturated carbocycles. The average Bonchev–Trinajstić information content (AvgIpc) is 2.20. The summed E-state index contributed by atoms with van der Waals surface area (Å²) in [5, 5.41) is 8.22. The molecule has 90 valence electrons. The summed E-state index contributed by atoms with van der Waals surface area (Å²) in [6.07, 6.45) is 7.73. The monoisotopic (exact) mass is 217 g/mol. The Balaban J connectivity index is 2.89. The van der Waals surface area contributed by atoms with E-state index in [0.29, 0.717) is 0 Å². The van der Waals surface area contributed by atoms with E-state index in [9.17, 15) is 4.79 Å². The molecule has 0 atom stereocenters. The molecular weight excluding hydrogens is 194 g/mol. The third-order valence-corrected chi connectivity index (χ3v) is 2.16. The fourth-order valence-corrected chi connectivity index (χ4v) is 1.33. The van der Waals surface area contributed by atoms with Gasteiger partial charge in [0.15, 0.2) is 0 Å². The van der Waals surface area contributed by atoms with Gasteiger partial charge in [-0.1, -0.05) is 45.4 Å². The van der Waals surface area contributed by atoms with Crippen molar-refractivity contribution in [3.63, 3.8) is 0 Å². The molecule has 0 rings (SSSR count). The van der Waals surface area contributed by atoms with Crippen LogP contribution in [-0.2, 0) is 0 Å². The highest BCUT2D eigenvalue weighted by Crippen LogP contribution is 2.05. The SMILES string of the molecule is CCCCCCCCCNNNC(=O)O. The molecule has 5 heteroatoms. The van der Waals surface area contributed by atoms with Crippen LogP contribution in [0.1, 0.15) is 51.9 Å². The van der Waals surface area contributed by atoms with E-state index in [0.717, 1.165) is 13.0 Å². The van der Waals surface area contributed by atoms with Crippen molar-refractivity contribution >= 4 is 6.09 Å². The smallest absolute Gasteiger partial charge is 0.420 e. The van der Waals surface area contributed by atoms with Crippen molar-refractivity contribution in [3.8, 4) is 0 Å². The van der Waals surface area contributed by atoms with Gasteiger partial charge in [0, 0.05) is 6.54 Å². The van der Waals surface area contributed by atoms with Crippen LogP contribution in [0, 0.1) is 0 Å². The fourth-order valence-electron chi connectivity index (χ4n) is 1.33. The van der Waals surface area contributed by atoms with Crippen LogP contribution in [0.4, 0.5) is 4.79 Å². The normalized spacial score (nSPS) is 10.2. The molecule has 0 aliphatic heterocycles. The van der Waals surface area contributed by atoms with Crippen molar-refractivity contribution in [2.45, 2.75) is 51.9 Å². The second-order valence-corrected chi connectivity index (χ2v) is 3.60. The predicted molar refractivity (Wildman–Crippen MR) is 60.3 cm³/mol. The van der Waals surface area contributed by atoms with Crippen molar-refractivity contribution in [1.82, 2.24) is 16.4 Å². The Morgan fingerprint density at radius 3 is 2.27 bits per heavy atom. The van der Waals surface area contributed by atoms with Gasteiger partial charge in [0.2, 0.25) is 0 Å². The first-order valence-electron chi connectivity index (χ1n) is 5.74. The molecule has 0 aliphatic rings. The van der Waals surface area contributed by atoms with Gasteiger partial charge >= 0.3 is 6.09 Å². The van der Waals surface area contributed by atoms with E-state index in [1.54, 1.807) is 0 Å². The van der Waals surface area contributed by atoms with Crippen molar-refractivity contribution in [2.24, 2.45) is 0 Å². The second-order valence-electron chi connectivity index (χ2n) is 3.60. The minimum Gasteiger partial charge on any atom is -0.464 e. The Morgan fingerprint density at radius 1 is 1.07 bits per heavy atom. The molecule has 0 radical (unpaired) electrons. The zero-order chi connectivity index (χ0) is 11.4. The molecule has 0 saturated heterocycles. The van der Waals surface area contributed by atoms with Crippen LogP contribution in [-0.4, -0.2) is 17.7 Å². The standard InChI is InChI=1S/C10H23N3O2/c1-2-3-4-5-6-7-8-9-11-13-12-10(14)15/h11-13H,2-9H2,1H3,(H,14,15). The lowest BCUT2D eigenvalue weighted by atomic mass is 10.1. The molecule has 0 bridgehead atoms. The Labute approximate surface area is 91.6 Å². The van der Waals surface area contributed by atoms with Crippen LogP contribution in [0.2, 0.25) is 0 Å². The van der Waals surface area contributed by atoms with Crippen LogP contribution in [0.25, 0.3) is 0 Å². The van der Waals surface area contributed by atoms with Crippen LogP contribution in [0.15, 0.2) is 0 Å². The van der Waals surface area contributed by atoms with E-state index in [4.69, 9.17) is 5.11 Å². The van der Waals surface area contributed by atoms with Gasteiger partial charge in [-0.3, -0.25) is 0 Å². The average molecular weight is 217 g/mol. The van der Waals surface area contributed by atoms with Gasteiger partial charge in [0.1, 0.15) is 0 Å². The van der Waals surface area contributed by atoms with Crippen LogP contribution in [0.3, 0.4) is 0 Å². The summed E-state index contributed by atoms with van der Waals surface area (Å²) in [7, 11) is 0. The lowest BCUT2D eigenvalue weighted by Gasteiger charge is -2.05. The Bertz CT molecular complexity index is 154. The molecule has 0 fully saturated rings. The molecule has 5 nitrogen and oxygen atoms in total. The molecule has 0 spiro atoms. The number of amides is 1. The van der Waals surface area contributed by atoms with Crippen molar-refractivity contribution in [3.05, 3.63) is 0 Å². The maximum absolute atomic E-state index is 10.0. The second kappa shape index (κ2) is 11.3. The lowest BCUT2D eigenvalue weighted by molar-refractivity contribution is 0.185. The number of carbonyl (C=O) groups is 1. The van der Waals surface area contributed by atoms with Crippen LogP contribution in [0.5, 0.6) is 0 Å². The van der Waals surface area contributed by atoms with E-state index in [-0.39, 0.29) is 0 Å². The van der Waals surface area contributed by atoms with Gasteiger partial charge < -0.3 is 5.11 Å². The van der Waals surface area contributed by atoms with Crippen LogP contribution >= 0.6 is 0 Å². The van der Waals surface area contributed by atoms with Crippen molar-refractivity contribution in [2.75, 3.05) is 6.54 Å². The number of hydrazine groups is 2. The summed E-state index contributed by atoms with van der Waals surface area (Å²) in [5.41, 5.74) is 7.19. The van der Waals surface area contributed by atoms with Gasteiger partial charge in [0.05, 0.1) is 0 Å². The first-order valence-corrected chi connectivity index (χ1v) is 5.74. The number of rotatable bonds is 10. The summed E-state index contributed by atoms with van der Waals surface area (Å²) in [6.45, 7) is 3.00. The highest BCUT2D eigenvalue weighted by atomic mass is 16.4. The topological polar surface area (TPSA) is 73.4 Å². The van der Waals surface area contributed by atoms with Gasteiger partial charge in [-0.25, -0.2) is 15.6 Å². The highest BCUT2D eigenvalue weighted by Gasteiger charge is 1.92. The van der Waals surface area contributed by atoms with E-state index in [1.807, 2.05) is 5.43 Å². The molecule has 0 aromatic rings. The summed E-state index contributed by atoms with van der Waals surface area (Å²) in [6, 6.07) is 0. The molecule has 0 unspecified atom stereocenters. The maximum atomic E-state index is 10.0. The zero-order valence-electron chi connectivity index (χ0n) is 9.51. The summed E-state index contributed by atoms with van der Waals surface area (Å²) in [5.74, 6) is 0. The summed E-state index contributed by atoms with van der Waals surface area (Å²) in [4.78, 5) is 10.0. The van der Waals surface area contributed by atoms with E-state index < -0.39 is 6.09 Å². The highest BCUT2D eigenvalue weighted by molar-refractivity contribution is 5.63. The van der Waals surface area contributed by atoms with Crippen molar-refractivity contribution < 1.29 is 9.90 Å². The summed E-state index contributed by atoms with van der Waals surface area (Å²) < 4.78 is 0.